The molecule has 0 aliphatic carbocycles. The van der Waals surface area contributed by atoms with Crippen LogP contribution in [0.5, 0.6) is 5.75 Å². The number of ketones is 1. The second-order valence-corrected chi connectivity index (χ2v) is 6.11. The minimum absolute atomic E-state index is 0.128. The van der Waals surface area contributed by atoms with Crippen LogP contribution in [-0.2, 0) is 4.74 Å². The van der Waals surface area contributed by atoms with Crippen LogP contribution in [0.1, 0.15) is 27.0 Å². The molecule has 0 radical (unpaired) electrons. The Morgan fingerprint density at radius 3 is 2.46 bits per heavy atom. The summed E-state index contributed by atoms with van der Waals surface area (Å²) >= 11 is 1.31. The van der Waals surface area contributed by atoms with E-state index < -0.39 is 5.97 Å². The van der Waals surface area contributed by atoms with Crippen LogP contribution in [-0.4, -0.2) is 25.0 Å². The Bertz CT molecular complexity index is 867. The number of benzene rings is 2. The van der Waals surface area contributed by atoms with E-state index in [4.69, 9.17) is 9.47 Å². The monoisotopic (exact) mass is 340 g/mol. The van der Waals surface area contributed by atoms with Gasteiger partial charge < -0.3 is 9.47 Å². The first-order valence-electron chi connectivity index (χ1n) is 7.60. The minimum atomic E-state index is -0.430. The highest BCUT2D eigenvalue weighted by Crippen LogP contribution is 2.38. The third-order valence-electron chi connectivity index (χ3n) is 3.45. The first-order chi connectivity index (χ1) is 11.7. The lowest BCUT2D eigenvalue weighted by atomic mass is 10.1. The fourth-order valence-electron chi connectivity index (χ4n) is 2.34. The maximum atomic E-state index is 12.2. The van der Waals surface area contributed by atoms with Gasteiger partial charge in [0.05, 0.1) is 6.61 Å². The normalized spacial score (nSPS) is 10.5. The van der Waals surface area contributed by atoms with Gasteiger partial charge in [0.2, 0.25) is 0 Å². The molecule has 0 aliphatic heterocycles. The Kier molecular flexibility index (Phi) is 4.91. The third-order valence-corrected chi connectivity index (χ3v) is 4.59. The van der Waals surface area contributed by atoms with Crippen molar-refractivity contribution in [3.8, 4) is 5.75 Å². The Morgan fingerprint density at radius 1 is 1.00 bits per heavy atom. The lowest BCUT2D eigenvalue weighted by Crippen LogP contribution is -2.13. The molecule has 2 aromatic carbocycles. The molecular formula is C19H16O4S. The van der Waals surface area contributed by atoms with Crippen molar-refractivity contribution in [1.29, 1.82) is 0 Å². The van der Waals surface area contributed by atoms with Crippen LogP contribution in [0.3, 0.4) is 0 Å². The summed E-state index contributed by atoms with van der Waals surface area (Å²) in [6.45, 7) is 1.91. The van der Waals surface area contributed by atoms with Crippen molar-refractivity contribution >= 4 is 33.2 Å². The molecule has 0 saturated heterocycles. The minimum Gasteiger partial charge on any atom is -0.483 e. The van der Waals surface area contributed by atoms with E-state index in [1.54, 1.807) is 31.2 Å². The molecule has 1 aromatic heterocycles. The van der Waals surface area contributed by atoms with E-state index in [2.05, 4.69) is 0 Å². The van der Waals surface area contributed by atoms with Crippen molar-refractivity contribution in [1.82, 2.24) is 0 Å². The van der Waals surface area contributed by atoms with E-state index >= 15 is 0 Å². The van der Waals surface area contributed by atoms with Gasteiger partial charge in [0.1, 0.15) is 0 Å². The molecule has 5 heteroatoms. The van der Waals surface area contributed by atoms with Crippen LogP contribution < -0.4 is 4.74 Å². The number of ether oxygens (including phenoxy) is 2. The summed E-state index contributed by atoms with van der Waals surface area (Å²) in [5, 5.41) is 0.811. The number of hydrogen-bond donors (Lipinski definition) is 0. The molecule has 0 atom stereocenters. The van der Waals surface area contributed by atoms with Crippen molar-refractivity contribution in [2.24, 2.45) is 0 Å². The van der Waals surface area contributed by atoms with Crippen LogP contribution in [0.25, 0.3) is 10.1 Å². The predicted octanol–water partition coefficient (Wildman–Crippen LogP) is 4.34. The molecule has 122 valence electrons. The molecule has 0 amide bonds. The molecule has 1 heterocycles. The van der Waals surface area contributed by atoms with Gasteiger partial charge in [-0.2, -0.15) is 0 Å². The van der Waals surface area contributed by atoms with Gasteiger partial charge >= 0.3 is 5.97 Å². The first-order valence-corrected chi connectivity index (χ1v) is 8.42. The van der Waals surface area contributed by atoms with Crippen molar-refractivity contribution in [3.05, 3.63) is 65.0 Å². The largest absolute Gasteiger partial charge is 0.483 e. The highest BCUT2D eigenvalue weighted by Gasteiger charge is 2.21. The Morgan fingerprint density at radius 2 is 1.71 bits per heavy atom. The van der Waals surface area contributed by atoms with Gasteiger partial charge in [-0.05, 0) is 19.1 Å². The lowest BCUT2D eigenvalue weighted by molar-refractivity contribution is 0.0526. The fourth-order valence-corrected chi connectivity index (χ4v) is 3.38. The van der Waals surface area contributed by atoms with E-state index in [1.165, 1.54) is 11.3 Å². The topological polar surface area (TPSA) is 52.6 Å². The maximum Gasteiger partial charge on any atom is 0.352 e. The second-order valence-electron chi connectivity index (χ2n) is 5.05. The van der Waals surface area contributed by atoms with E-state index in [0.29, 0.717) is 16.2 Å². The molecule has 0 unspecified atom stereocenters. The van der Waals surface area contributed by atoms with Crippen molar-refractivity contribution in [2.45, 2.75) is 6.92 Å². The summed E-state index contributed by atoms with van der Waals surface area (Å²) in [5.41, 5.74) is 0.578. The lowest BCUT2D eigenvalue weighted by Gasteiger charge is -2.07. The Hall–Kier alpha value is -2.66. The van der Waals surface area contributed by atoms with Crippen molar-refractivity contribution in [2.75, 3.05) is 13.2 Å². The molecule has 0 saturated carbocycles. The number of carbonyl (C=O) groups is 2. The van der Waals surface area contributed by atoms with Gasteiger partial charge in [-0.25, -0.2) is 4.79 Å². The summed E-state index contributed by atoms with van der Waals surface area (Å²) in [7, 11) is 0. The molecule has 24 heavy (non-hydrogen) atoms. The quantitative estimate of drug-likeness (QED) is 0.495. The summed E-state index contributed by atoms with van der Waals surface area (Å²) in [6, 6.07) is 16.5. The maximum absolute atomic E-state index is 12.2. The fraction of sp³-hybridized carbons (Fsp3) is 0.158. The zero-order chi connectivity index (χ0) is 16.9. The van der Waals surface area contributed by atoms with Gasteiger partial charge in [-0.15, -0.1) is 11.3 Å². The van der Waals surface area contributed by atoms with Crippen molar-refractivity contribution in [3.63, 3.8) is 0 Å². The summed E-state index contributed by atoms with van der Waals surface area (Å²) in [4.78, 5) is 24.8. The number of Topliss-reactive ketones (excluding diaryl/α,β-unsaturated/α-hetero) is 1. The molecule has 0 aliphatic rings. The smallest absolute Gasteiger partial charge is 0.352 e. The number of esters is 1. The summed E-state index contributed by atoms with van der Waals surface area (Å²) in [6.07, 6.45) is 0. The molecule has 4 nitrogen and oxygen atoms in total. The highest BCUT2D eigenvalue weighted by molar-refractivity contribution is 7.21. The molecule has 0 spiro atoms. The van der Waals surface area contributed by atoms with E-state index in [-0.39, 0.29) is 19.0 Å². The Labute approximate surface area is 143 Å². The number of hydrogen-bond acceptors (Lipinski definition) is 5. The van der Waals surface area contributed by atoms with Crippen LogP contribution >= 0.6 is 11.3 Å². The number of fused-ring (bicyclic) bond motifs is 1. The zero-order valence-electron chi connectivity index (χ0n) is 13.2. The van der Waals surface area contributed by atoms with Crippen molar-refractivity contribution < 1.29 is 19.1 Å². The molecule has 0 fully saturated rings. The number of thiophene rings is 1. The zero-order valence-corrected chi connectivity index (χ0v) is 14.0. The van der Waals surface area contributed by atoms with Crippen LogP contribution in [0.15, 0.2) is 54.6 Å². The first kappa shape index (κ1) is 16.2. The summed E-state index contributed by atoms with van der Waals surface area (Å²) in [5.74, 6) is -0.153. The average molecular weight is 340 g/mol. The molecule has 0 bridgehead atoms. The van der Waals surface area contributed by atoms with Gasteiger partial charge in [-0.1, -0.05) is 42.5 Å². The van der Waals surface area contributed by atoms with E-state index in [1.807, 2.05) is 30.3 Å². The summed E-state index contributed by atoms with van der Waals surface area (Å²) < 4.78 is 11.7. The standard InChI is InChI=1S/C19H16O4S/c1-2-22-19(21)18-17(14-10-6-7-11-16(14)24-18)23-12-15(20)13-8-4-3-5-9-13/h3-11H,2,12H2,1H3. The van der Waals surface area contributed by atoms with E-state index in [0.717, 1.165) is 10.1 Å². The number of carbonyl (C=O) groups excluding carboxylic acids is 2. The SMILES string of the molecule is CCOC(=O)c1sc2ccccc2c1OCC(=O)c1ccccc1. The van der Waals surface area contributed by atoms with Crippen LogP contribution in [0, 0.1) is 0 Å². The van der Waals surface area contributed by atoms with Gasteiger partial charge in [0.25, 0.3) is 0 Å². The number of rotatable bonds is 6. The third kappa shape index (κ3) is 3.31. The highest BCUT2D eigenvalue weighted by atomic mass is 32.1. The van der Waals surface area contributed by atoms with Gasteiger partial charge in [-0.3, -0.25) is 4.79 Å². The van der Waals surface area contributed by atoms with Crippen LogP contribution in [0.2, 0.25) is 0 Å². The second kappa shape index (κ2) is 7.27. The average Bonchev–Trinajstić information content (AvgIpc) is 2.99. The molecule has 3 aromatic rings. The van der Waals surface area contributed by atoms with Gasteiger partial charge in [0.15, 0.2) is 23.0 Å². The van der Waals surface area contributed by atoms with Crippen LogP contribution in [0.4, 0.5) is 0 Å². The molecular weight excluding hydrogens is 324 g/mol. The predicted molar refractivity (Wildman–Crippen MR) is 94.0 cm³/mol. The van der Waals surface area contributed by atoms with E-state index in [9.17, 15) is 9.59 Å². The molecule has 0 N–H and O–H groups in total. The van der Waals surface area contributed by atoms with Gasteiger partial charge in [0, 0.05) is 15.6 Å². The molecule has 3 rings (SSSR count). The Balaban J connectivity index is 1.88.